The van der Waals surface area contributed by atoms with Crippen LogP contribution in [-0.2, 0) is 14.8 Å². The molecule has 2 rings (SSSR count). The van der Waals surface area contributed by atoms with Gasteiger partial charge in [0.15, 0.2) is 4.90 Å². The van der Waals surface area contributed by atoms with Crippen LogP contribution in [0.25, 0.3) is 0 Å². The molecule has 28 heavy (non-hydrogen) atoms. The van der Waals surface area contributed by atoms with Gasteiger partial charge in [-0.2, -0.15) is 4.31 Å². The van der Waals surface area contributed by atoms with E-state index in [1.807, 2.05) is 0 Å². The van der Waals surface area contributed by atoms with Gasteiger partial charge in [-0.1, -0.05) is 25.0 Å². The van der Waals surface area contributed by atoms with E-state index >= 15 is 0 Å². The lowest BCUT2D eigenvalue weighted by Gasteiger charge is -2.34. The van der Waals surface area contributed by atoms with Crippen LogP contribution in [0, 0.1) is 10.1 Å². The summed E-state index contributed by atoms with van der Waals surface area (Å²) in [5, 5.41) is 11.1. The molecule has 0 radical (unpaired) electrons. The van der Waals surface area contributed by atoms with Crippen molar-refractivity contribution in [2.45, 2.75) is 37.0 Å². The Bertz CT molecular complexity index is 767. The highest BCUT2D eigenvalue weighted by atomic mass is 35.5. The van der Waals surface area contributed by atoms with Gasteiger partial charge in [-0.3, -0.25) is 14.9 Å². The van der Waals surface area contributed by atoms with Crippen molar-refractivity contribution in [1.82, 2.24) is 9.21 Å². The molecule has 11 heteroatoms. The minimum atomic E-state index is -3.97. The van der Waals surface area contributed by atoms with Gasteiger partial charge >= 0.3 is 0 Å². The minimum absolute atomic E-state index is 0. The molecule has 0 spiro atoms. The Kier molecular flexibility index (Phi) is 9.80. The van der Waals surface area contributed by atoms with E-state index in [4.69, 9.17) is 5.73 Å². The monoisotopic (exact) mass is 434 g/mol. The molecular formula is C17H27ClN4O5S. The highest BCUT2D eigenvalue weighted by Gasteiger charge is 2.34. The van der Waals surface area contributed by atoms with Crippen molar-refractivity contribution in [3.63, 3.8) is 0 Å². The molecule has 1 saturated heterocycles. The van der Waals surface area contributed by atoms with Crippen LogP contribution in [0.4, 0.5) is 5.69 Å². The fourth-order valence-electron chi connectivity index (χ4n) is 3.08. The van der Waals surface area contributed by atoms with E-state index in [0.717, 1.165) is 25.7 Å². The first kappa shape index (κ1) is 24.3. The first-order valence-electron chi connectivity index (χ1n) is 9.09. The fourth-order valence-corrected chi connectivity index (χ4v) is 4.65. The summed E-state index contributed by atoms with van der Waals surface area (Å²) in [6, 6.07) is 5.31. The summed E-state index contributed by atoms with van der Waals surface area (Å²) in [7, 11) is -3.97. The molecule has 0 saturated carbocycles. The SMILES string of the molecule is Cl.NCCCCCCC(=O)N1CCN(S(=O)(=O)c2ccccc2[N+](=O)[O-])CC1. The lowest BCUT2D eigenvalue weighted by Crippen LogP contribution is -2.50. The van der Waals surface area contributed by atoms with Gasteiger partial charge in [0.1, 0.15) is 0 Å². The number of piperazine rings is 1. The van der Waals surface area contributed by atoms with Crippen LogP contribution in [0.3, 0.4) is 0 Å². The molecule has 1 fully saturated rings. The zero-order chi connectivity index (χ0) is 19.9. The molecule has 0 aromatic heterocycles. The molecule has 0 unspecified atom stereocenters. The average molecular weight is 435 g/mol. The molecule has 0 bridgehead atoms. The first-order valence-corrected chi connectivity index (χ1v) is 10.5. The van der Waals surface area contributed by atoms with Crippen molar-refractivity contribution in [3.8, 4) is 0 Å². The number of nitro benzene ring substituents is 1. The van der Waals surface area contributed by atoms with Gasteiger partial charge in [-0.15, -0.1) is 12.4 Å². The maximum atomic E-state index is 12.8. The third kappa shape index (κ3) is 6.13. The van der Waals surface area contributed by atoms with Crippen LogP contribution in [0.15, 0.2) is 29.2 Å². The number of nitrogens with two attached hydrogens (primary N) is 1. The number of amides is 1. The van der Waals surface area contributed by atoms with Gasteiger partial charge in [0.25, 0.3) is 5.69 Å². The van der Waals surface area contributed by atoms with Crippen LogP contribution in [0.5, 0.6) is 0 Å². The Labute approximate surface area is 171 Å². The number of carbonyl (C=O) groups is 1. The second-order valence-electron chi connectivity index (χ2n) is 6.46. The van der Waals surface area contributed by atoms with E-state index in [-0.39, 0.29) is 36.3 Å². The second-order valence-corrected chi connectivity index (χ2v) is 8.37. The number of sulfonamides is 1. The van der Waals surface area contributed by atoms with E-state index in [2.05, 4.69) is 0 Å². The van der Waals surface area contributed by atoms with Crippen LogP contribution in [0.2, 0.25) is 0 Å². The number of hydrogen-bond acceptors (Lipinski definition) is 6. The summed E-state index contributed by atoms with van der Waals surface area (Å²) in [5.74, 6) is 0.0190. The van der Waals surface area contributed by atoms with Crippen LogP contribution >= 0.6 is 12.4 Å². The van der Waals surface area contributed by atoms with E-state index in [9.17, 15) is 23.3 Å². The first-order chi connectivity index (χ1) is 12.9. The number of unbranched alkanes of at least 4 members (excludes halogenated alkanes) is 3. The van der Waals surface area contributed by atoms with Gasteiger partial charge in [-0.05, 0) is 25.5 Å². The minimum Gasteiger partial charge on any atom is -0.340 e. The quantitative estimate of drug-likeness (QED) is 0.358. The molecule has 1 aromatic rings. The van der Waals surface area contributed by atoms with Gasteiger partial charge in [0.2, 0.25) is 15.9 Å². The number of nitrogens with zero attached hydrogens (tertiary/aromatic N) is 3. The summed E-state index contributed by atoms with van der Waals surface area (Å²) in [6.07, 6.45) is 4.16. The van der Waals surface area contributed by atoms with Gasteiger partial charge in [-0.25, -0.2) is 8.42 Å². The Hall–Kier alpha value is -1.75. The predicted octanol–water partition coefficient (Wildman–Crippen LogP) is 1.76. The number of rotatable bonds is 9. The maximum absolute atomic E-state index is 12.8. The Balaban J connectivity index is 0.00000392. The summed E-state index contributed by atoms with van der Waals surface area (Å²) in [4.78, 5) is 24.0. The Morgan fingerprint density at radius 3 is 2.29 bits per heavy atom. The van der Waals surface area contributed by atoms with Crippen molar-refractivity contribution in [2.24, 2.45) is 5.73 Å². The number of para-hydroxylation sites is 1. The van der Waals surface area contributed by atoms with Crippen LogP contribution < -0.4 is 5.73 Å². The third-order valence-corrected chi connectivity index (χ3v) is 6.56. The summed E-state index contributed by atoms with van der Waals surface area (Å²) in [6.45, 7) is 1.51. The fraction of sp³-hybridized carbons (Fsp3) is 0.588. The van der Waals surface area contributed by atoms with Crippen molar-refractivity contribution < 1.29 is 18.1 Å². The normalized spacial score (nSPS) is 15.1. The molecule has 158 valence electrons. The van der Waals surface area contributed by atoms with E-state index < -0.39 is 20.6 Å². The number of nitro groups is 1. The van der Waals surface area contributed by atoms with Gasteiger partial charge in [0, 0.05) is 38.7 Å². The molecule has 0 atom stereocenters. The van der Waals surface area contributed by atoms with E-state index in [1.165, 1.54) is 28.6 Å². The standard InChI is InChI=1S/C17H26N4O5S.ClH/c18-10-6-2-1-3-9-17(22)19-11-13-20(14-12-19)27(25,26)16-8-5-4-7-15(16)21(23)24;/h4-5,7-8H,1-3,6,9-14,18H2;1H. The van der Waals surface area contributed by atoms with Crippen molar-refractivity contribution >= 4 is 34.0 Å². The van der Waals surface area contributed by atoms with E-state index in [1.54, 1.807) is 4.90 Å². The average Bonchev–Trinajstić information content (AvgIpc) is 2.67. The molecule has 1 heterocycles. The lowest BCUT2D eigenvalue weighted by atomic mass is 10.1. The molecule has 1 amide bonds. The van der Waals surface area contributed by atoms with Gasteiger partial charge < -0.3 is 10.6 Å². The van der Waals surface area contributed by atoms with Crippen molar-refractivity contribution in [2.75, 3.05) is 32.7 Å². The predicted molar refractivity (Wildman–Crippen MR) is 108 cm³/mol. The number of carbonyl (C=O) groups excluding carboxylic acids is 1. The highest BCUT2D eigenvalue weighted by molar-refractivity contribution is 7.89. The van der Waals surface area contributed by atoms with Crippen LogP contribution in [-0.4, -0.2) is 61.2 Å². The van der Waals surface area contributed by atoms with Gasteiger partial charge in [0.05, 0.1) is 4.92 Å². The Morgan fingerprint density at radius 1 is 1.07 bits per heavy atom. The number of benzene rings is 1. The van der Waals surface area contributed by atoms with Crippen LogP contribution in [0.1, 0.15) is 32.1 Å². The summed E-state index contributed by atoms with van der Waals surface area (Å²) < 4.78 is 26.7. The van der Waals surface area contributed by atoms with Crippen molar-refractivity contribution in [3.05, 3.63) is 34.4 Å². The molecular weight excluding hydrogens is 408 g/mol. The molecule has 1 aliphatic heterocycles. The molecule has 0 aliphatic carbocycles. The molecule has 9 nitrogen and oxygen atoms in total. The maximum Gasteiger partial charge on any atom is 0.289 e. The summed E-state index contributed by atoms with van der Waals surface area (Å²) >= 11 is 0. The second kappa shape index (κ2) is 11.3. The molecule has 1 aromatic carbocycles. The molecule has 1 aliphatic rings. The van der Waals surface area contributed by atoms with Crippen molar-refractivity contribution in [1.29, 1.82) is 0 Å². The largest absolute Gasteiger partial charge is 0.340 e. The third-order valence-electron chi connectivity index (χ3n) is 4.62. The van der Waals surface area contributed by atoms with E-state index in [0.29, 0.717) is 26.1 Å². The lowest BCUT2D eigenvalue weighted by molar-refractivity contribution is -0.387. The number of halogens is 1. The Morgan fingerprint density at radius 2 is 1.68 bits per heavy atom. The zero-order valence-electron chi connectivity index (χ0n) is 15.7. The number of hydrogen-bond donors (Lipinski definition) is 1. The smallest absolute Gasteiger partial charge is 0.289 e. The molecule has 2 N–H and O–H groups in total. The topological polar surface area (TPSA) is 127 Å². The highest BCUT2D eigenvalue weighted by Crippen LogP contribution is 2.27. The zero-order valence-corrected chi connectivity index (χ0v) is 17.3. The summed E-state index contributed by atoms with van der Waals surface area (Å²) in [5.41, 5.74) is 5.00.